The van der Waals surface area contributed by atoms with Crippen molar-refractivity contribution in [2.24, 2.45) is 0 Å². The predicted octanol–water partition coefficient (Wildman–Crippen LogP) is 4.22. The second-order valence-corrected chi connectivity index (χ2v) is 9.22. The summed E-state index contributed by atoms with van der Waals surface area (Å²) in [5.41, 5.74) is 2.61. The van der Waals surface area contributed by atoms with Gasteiger partial charge in [-0.25, -0.2) is 9.97 Å². The number of H-pyrrole nitrogens is 1. The number of aromatic nitrogens is 3. The van der Waals surface area contributed by atoms with Crippen molar-refractivity contribution >= 4 is 40.0 Å². The average molecular weight is 505 g/mol. The maximum Gasteiger partial charge on any atom is 0.196 e. The van der Waals surface area contributed by atoms with Gasteiger partial charge in [0.05, 0.1) is 41.3 Å². The third kappa shape index (κ3) is 5.02. The normalized spacial score (nSPS) is 17.7. The molecule has 2 aromatic heterocycles. The summed E-state index contributed by atoms with van der Waals surface area (Å²) in [6, 6.07) is 14.1. The highest BCUT2D eigenvalue weighted by Gasteiger charge is 2.25. The van der Waals surface area contributed by atoms with E-state index in [0.717, 1.165) is 18.4 Å². The lowest BCUT2D eigenvalue weighted by molar-refractivity contribution is -0.0224. The Kier molecular flexibility index (Phi) is 7.09. The lowest BCUT2D eigenvalue weighted by atomic mass is 9.98. The summed E-state index contributed by atoms with van der Waals surface area (Å²) in [6.07, 6.45) is 4.62. The topological polar surface area (TPSA) is 117 Å². The zero-order chi connectivity index (χ0) is 25.1. The van der Waals surface area contributed by atoms with E-state index in [-0.39, 0.29) is 41.8 Å². The van der Waals surface area contributed by atoms with Crippen LogP contribution in [-0.4, -0.2) is 57.0 Å². The van der Waals surface area contributed by atoms with Crippen LogP contribution in [0.2, 0.25) is 5.02 Å². The summed E-state index contributed by atoms with van der Waals surface area (Å²) in [7, 11) is 0. The quantitative estimate of drug-likeness (QED) is 0.307. The first-order chi connectivity index (χ1) is 17.5. The van der Waals surface area contributed by atoms with Crippen LogP contribution in [0.1, 0.15) is 44.7 Å². The van der Waals surface area contributed by atoms with Crippen molar-refractivity contribution in [3.8, 4) is 0 Å². The number of aromatic amines is 1. The Hall–Kier alpha value is -3.59. The number of aliphatic hydroxyl groups is 1. The van der Waals surface area contributed by atoms with Gasteiger partial charge in [0, 0.05) is 23.7 Å². The molecule has 1 aliphatic rings. The third-order valence-electron chi connectivity index (χ3n) is 6.37. The van der Waals surface area contributed by atoms with Crippen LogP contribution in [-0.2, 0) is 11.2 Å². The smallest absolute Gasteiger partial charge is 0.196 e. The summed E-state index contributed by atoms with van der Waals surface area (Å²) in [4.78, 5) is 37.8. The summed E-state index contributed by atoms with van der Waals surface area (Å²) in [6.45, 7) is 0.431. The van der Waals surface area contributed by atoms with Crippen molar-refractivity contribution in [2.45, 2.75) is 31.4 Å². The molecule has 4 aromatic rings. The first-order valence-electron chi connectivity index (χ1n) is 11.8. The fourth-order valence-electron chi connectivity index (χ4n) is 4.42. The first-order valence-corrected chi connectivity index (χ1v) is 12.1. The molecule has 5 rings (SSSR count). The fraction of sp³-hybridized carbons (Fsp3) is 0.259. The minimum atomic E-state index is -0.273. The van der Waals surface area contributed by atoms with Gasteiger partial charge in [-0.2, -0.15) is 0 Å². The maximum absolute atomic E-state index is 13.5. The van der Waals surface area contributed by atoms with Crippen LogP contribution < -0.4 is 5.32 Å². The van der Waals surface area contributed by atoms with E-state index >= 15 is 0 Å². The molecule has 0 unspecified atom stereocenters. The Bertz CT molecular complexity index is 1400. The number of nitrogens with zero attached hydrogens (tertiary/aromatic N) is 2. The Labute approximate surface area is 212 Å². The minimum Gasteiger partial charge on any atom is -0.394 e. The van der Waals surface area contributed by atoms with Crippen LogP contribution in [0.5, 0.6) is 0 Å². The number of anilines is 1. The van der Waals surface area contributed by atoms with Gasteiger partial charge >= 0.3 is 0 Å². The lowest BCUT2D eigenvalue weighted by Crippen LogP contribution is -2.36. The number of carbonyl (C=O) groups excluding carboxylic acids is 2. The van der Waals surface area contributed by atoms with Crippen LogP contribution in [0.4, 0.5) is 5.82 Å². The maximum atomic E-state index is 13.5. The van der Waals surface area contributed by atoms with Gasteiger partial charge in [-0.1, -0.05) is 48.0 Å². The van der Waals surface area contributed by atoms with Gasteiger partial charge in [0.15, 0.2) is 11.6 Å². The first kappa shape index (κ1) is 24.1. The van der Waals surface area contributed by atoms with Gasteiger partial charge in [0.25, 0.3) is 0 Å². The molecule has 0 radical (unpaired) electrons. The van der Waals surface area contributed by atoms with E-state index in [1.807, 2.05) is 18.2 Å². The van der Waals surface area contributed by atoms with Crippen LogP contribution in [0.3, 0.4) is 0 Å². The number of rotatable bonds is 8. The molecule has 184 valence electrons. The minimum absolute atomic E-state index is 0.000891. The average Bonchev–Trinajstić information content (AvgIpc) is 3.35. The van der Waals surface area contributed by atoms with E-state index in [1.54, 1.807) is 36.5 Å². The van der Waals surface area contributed by atoms with Gasteiger partial charge < -0.3 is 20.1 Å². The summed E-state index contributed by atoms with van der Waals surface area (Å²) in [5.74, 6) is 0.236. The molecule has 2 aromatic carbocycles. The van der Waals surface area contributed by atoms with E-state index in [9.17, 15) is 14.7 Å². The number of aliphatic hydroxyl groups excluding tert-OH is 1. The third-order valence-corrected chi connectivity index (χ3v) is 6.68. The van der Waals surface area contributed by atoms with Gasteiger partial charge in [0.1, 0.15) is 17.8 Å². The Balaban J connectivity index is 1.38. The number of carbonyl (C=O) groups is 2. The van der Waals surface area contributed by atoms with Crippen molar-refractivity contribution < 1.29 is 19.4 Å². The number of ketones is 2. The number of hydrogen-bond donors (Lipinski definition) is 3. The summed E-state index contributed by atoms with van der Waals surface area (Å²) < 4.78 is 5.66. The van der Waals surface area contributed by atoms with Crippen LogP contribution >= 0.6 is 11.6 Å². The molecule has 3 N–H and O–H groups in total. The molecule has 8 nitrogen and oxygen atoms in total. The van der Waals surface area contributed by atoms with E-state index in [4.69, 9.17) is 16.3 Å². The molecule has 1 aliphatic heterocycles. The van der Waals surface area contributed by atoms with Crippen molar-refractivity contribution in [1.82, 2.24) is 15.0 Å². The van der Waals surface area contributed by atoms with E-state index in [1.165, 1.54) is 6.33 Å². The fourth-order valence-corrected chi connectivity index (χ4v) is 4.71. The van der Waals surface area contributed by atoms with Crippen LogP contribution in [0.25, 0.3) is 11.0 Å². The molecule has 0 saturated carbocycles. The highest BCUT2D eigenvalue weighted by molar-refractivity contribution is 6.35. The van der Waals surface area contributed by atoms with Crippen LogP contribution in [0.15, 0.2) is 61.1 Å². The number of ether oxygens (including phenoxy) is 1. The molecule has 3 heterocycles. The van der Waals surface area contributed by atoms with E-state index in [2.05, 4.69) is 20.3 Å². The summed E-state index contributed by atoms with van der Waals surface area (Å²) in [5, 5.41) is 13.5. The van der Waals surface area contributed by atoms with Crippen molar-refractivity contribution in [2.75, 3.05) is 18.5 Å². The highest BCUT2D eigenvalue weighted by atomic mass is 35.5. The molecular formula is C27H25ClN4O4. The molecule has 9 heteroatoms. The number of Topliss-reactive ketones (excluding diaryl/α,β-unsaturated/α-hetero) is 1. The van der Waals surface area contributed by atoms with Gasteiger partial charge in [-0.15, -0.1) is 0 Å². The second-order valence-electron chi connectivity index (χ2n) is 8.81. The van der Waals surface area contributed by atoms with Gasteiger partial charge in [0.2, 0.25) is 0 Å². The predicted molar refractivity (Wildman–Crippen MR) is 137 cm³/mol. The van der Waals surface area contributed by atoms with Crippen molar-refractivity contribution in [3.63, 3.8) is 0 Å². The Morgan fingerprint density at radius 3 is 2.67 bits per heavy atom. The van der Waals surface area contributed by atoms with Crippen molar-refractivity contribution in [1.29, 1.82) is 0 Å². The van der Waals surface area contributed by atoms with Gasteiger partial charge in [-0.05, 0) is 30.5 Å². The van der Waals surface area contributed by atoms with Crippen LogP contribution in [0, 0.1) is 0 Å². The molecule has 0 spiro atoms. The number of fused-ring (bicyclic) bond motifs is 1. The second kappa shape index (κ2) is 10.6. The largest absolute Gasteiger partial charge is 0.394 e. The molecule has 0 aliphatic carbocycles. The number of halogens is 1. The summed E-state index contributed by atoms with van der Waals surface area (Å²) >= 11 is 6.52. The monoisotopic (exact) mass is 504 g/mol. The van der Waals surface area contributed by atoms with Gasteiger partial charge in [-0.3, -0.25) is 9.59 Å². The SMILES string of the molecule is O=C(Cc1ccc(C(=O)c2c[nH]c3ncnc(N[C@H]4CC[C@@H](CO)OC4)c23)c(Cl)c1)c1ccccc1. The molecule has 36 heavy (non-hydrogen) atoms. The number of benzene rings is 2. The molecule has 0 amide bonds. The van der Waals surface area contributed by atoms with E-state index < -0.39 is 0 Å². The zero-order valence-electron chi connectivity index (χ0n) is 19.4. The van der Waals surface area contributed by atoms with E-state index in [0.29, 0.717) is 40.1 Å². The molecule has 1 saturated heterocycles. The molecular weight excluding hydrogens is 480 g/mol. The molecule has 0 bridgehead atoms. The number of nitrogens with one attached hydrogen (secondary N) is 2. The standard InChI is InChI=1S/C27H25ClN4O4/c28-22-10-16(11-23(34)17-4-2-1-3-5-17)6-9-20(22)25(35)21-12-29-26-24(21)27(31-15-30-26)32-18-7-8-19(13-33)36-14-18/h1-6,9-10,12,15,18-19,33H,7-8,11,13-14H2,(H2,29,30,31,32)/t18-,19-/m0/s1. The molecule has 2 atom stereocenters. The molecule has 1 fully saturated rings. The lowest BCUT2D eigenvalue weighted by Gasteiger charge is -2.29. The Morgan fingerprint density at radius 2 is 1.94 bits per heavy atom. The van der Waals surface area contributed by atoms with Crippen molar-refractivity contribution in [3.05, 3.63) is 88.3 Å². The highest BCUT2D eigenvalue weighted by Crippen LogP contribution is 2.30. The Morgan fingerprint density at radius 1 is 1.11 bits per heavy atom. The zero-order valence-corrected chi connectivity index (χ0v) is 20.2. The number of hydrogen-bond acceptors (Lipinski definition) is 7.